The summed E-state index contributed by atoms with van der Waals surface area (Å²) in [5, 5.41) is 0. The highest BCUT2D eigenvalue weighted by molar-refractivity contribution is 5.85. The number of benzene rings is 3. The average molecular weight is 449 g/mol. The van der Waals surface area contributed by atoms with Crippen LogP contribution in [-0.2, 0) is 0 Å². The van der Waals surface area contributed by atoms with Crippen molar-refractivity contribution in [2.45, 2.75) is 6.04 Å². The van der Waals surface area contributed by atoms with Gasteiger partial charge < -0.3 is 0 Å². The summed E-state index contributed by atoms with van der Waals surface area (Å²) >= 11 is 0. The van der Waals surface area contributed by atoms with Crippen LogP contribution in [0.1, 0.15) is 33.7 Å². The Morgan fingerprint density at radius 2 is 1.17 bits per heavy atom. The van der Waals surface area contributed by atoms with Crippen LogP contribution in [0.5, 0.6) is 0 Å². The summed E-state index contributed by atoms with van der Waals surface area (Å²) in [6.45, 7) is -11.9. The van der Waals surface area contributed by atoms with Gasteiger partial charge in [-0.3, -0.25) is 9.80 Å². The Morgan fingerprint density at radius 1 is 0.700 bits per heavy atom. The van der Waals surface area contributed by atoms with Gasteiger partial charge in [-0.25, -0.2) is 0 Å². The van der Waals surface area contributed by atoms with Gasteiger partial charge in [-0.1, -0.05) is 103 Å². The highest BCUT2D eigenvalue weighted by Gasteiger charge is 2.25. The lowest BCUT2D eigenvalue weighted by Gasteiger charge is -2.39. The van der Waals surface area contributed by atoms with Crippen molar-refractivity contribution in [1.82, 2.24) is 9.80 Å². The number of hydrogen-bond acceptors (Lipinski definition) is 2. The van der Waals surface area contributed by atoms with Gasteiger partial charge in [0.05, 0.1) is 6.04 Å². The van der Waals surface area contributed by atoms with E-state index in [4.69, 9.17) is 11.0 Å². The van der Waals surface area contributed by atoms with Gasteiger partial charge in [0.25, 0.3) is 0 Å². The molecule has 158 valence electrons. The lowest BCUT2D eigenvalue weighted by molar-refractivity contribution is 0.118. The maximum atomic E-state index is 8.92. The molecule has 1 fully saturated rings. The molecule has 0 amide bonds. The monoisotopic (exact) mass is 448 g/mol. The fourth-order valence-electron chi connectivity index (χ4n) is 3.12. The maximum Gasteiger partial charge on any atom is 0.0602 e. The molecule has 4 heteroatoms. The SMILES string of the molecule is Cl.Cl.[2H]C1([2H])N(C/C=C\c2ccccc2)C([2H])([2H])C([2H])([2H])N(C(c2ccccc2)c2ccccc2)C1([2H])[2H]. The average Bonchev–Trinajstić information content (AvgIpc) is 2.85. The molecule has 2 nitrogen and oxygen atoms in total. The number of nitrogens with zero attached hydrogens (tertiary/aromatic N) is 2. The van der Waals surface area contributed by atoms with Crippen molar-refractivity contribution in [1.29, 1.82) is 0 Å². The van der Waals surface area contributed by atoms with Crippen LogP contribution < -0.4 is 0 Å². The Balaban J connectivity index is 0.00000253. The molecule has 1 aliphatic rings. The molecule has 1 heterocycles. The van der Waals surface area contributed by atoms with Crippen molar-refractivity contribution in [3.8, 4) is 0 Å². The van der Waals surface area contributed by atoms with Crippen molar-refractivity contribution in [2.75, 3.05) is 32.5 Å². The molecule has 0 unspecified atom stereocenters. The van der Waals surface area contributed by atoms with E-state index in [-0.39, 0.29) is 31.4 Å². The molecule has 1 aliphatic heterocycles. The van der Waals surface area contributed by atoms with Crippen LogP contribution in [0.15, 0.2) is 97.1 Å². The van der Waals surface area contributed by atoms with Crippen molar-refractivity contribution < 1.29 is 11.0 Å². The van der Waals surface area contributed by atoms with Crippen LogP contribution in [0.25, 0.3) is 6.08 Å². The molecule has 1 saturated heterocycles. The van der Waals surface area contributed by atoms with Gasteiger partial charge in [-0.05, 0) is 16.7 Å². The first-order valence-electron chi connectivity index (χ1n) is 13.3. The molecule has 0 N–H and O–H groups in total. The first-order chi connectivity index (χ1) is 16.9. The third kappa shape index (κ3) is 6.45. The minimum absolute atomic E-state index is 0. The second-order valence-corrected chi connectivity index (χ2v) is 6.46. The Morgan fingerprint density at radius 3 is 1.67 bits per heavy atom. The second-order valence-electron chi connectivity index (χ2n) is 6.46. The van der Waals surface area contributed by atoms with Gasteiger partial charge in [-0.2, -0.15) is 0 Å². The number of halogens is 2. The number of piperazine rings is 1. The van der Waals surface area contributed by atoms with E-state index in [2.05, 4.69) is 0 Å². The molecule has 3 aromatic rings. The predicted molar refractivity (Wildman–Crippen MR) is 133 cm³/mol. The van der Waals surface area contributed by atoms with Gasteiger partial charge >= 0.3 is 0 Å². The standard InChI is InChI=1S/C26H28N2.2ClH/c1-4-11-23(12-5-1)13-10-18-27-19-21-28(22-20-27)26(24-14-6-2-7-15-24)25-16-8-3-9-17-25;;/h1-17,26H,18-22H2;2*1H/b13-10-;;/i19D2,20D2,21D2,22D2;;. The topological polar surface area (TPSA) is 6.48 Å². The lowest BCUT2D eigenvalue weighted by atomic mass is 9.96. The molecular formula is C26H30Cl2N2. The lowest BCUT2D eigenvalue weighted by Crippen LogP contribution is -2.47. The Labute approximate surface area is 204 Å². The van der Waals surface area contributed by atoms with Gasteiger partial charge in [0.15, 0.2) is 0 Å². The highest BCUT2D eigenvalue weighted by atomic mass is 35.5. The number of rotatable bonds is 6. The minimum Gasteiger partial charge on any atom is -0.297 e. The summed E-state index contributed by atoms with van der Waals surface area (Å²) in [4.78, 5) is 1.37. The zero-order valence-electron chi connectivity index (χ0n) is 24.3. The molecule has 4 rings (SSSR count). The van der Waals surface area contributed by atoms with Crippen LogP contribution in [0.3, 0.4) is 0 Å². The first-order valence-corrected chi connectivity index (χ1v) is 9.31. The molecule has 30 heavy (non-hydrogen) atoms. The van der Waals surface area contributed by atoms with Crippen LogP contribution >= 0.6 is 24.8 Å². The van der Waals surface area contributed by atoms with Crippen molar-refractivity contribution in [3.63, 3.8) is 0 Å². The summed E-state index contributed by atoms with van der Waals surface area (Å²) in [7, 11) is 0. The quantitative estimate of drug-likeness (QED) is 0.459. The molecule has 0 saturated carbocycles. The molecular weight excluding hydrogens is 411 g/mol. The van der Waals surface area contributed by atoms with Crippen LogP contribution in [-0.4, -0.2) is 42.3 Å². The Kier molecular flexibility index (Phi) is 6.21. The normalized spacial score (nSPS) is 25.6. The van der Waals surface area contributed by atoms with Crippen LogP contribution in [0, 0.1) is 0 Å². The van der Waals surface area contributed by atoms with E-state index >= 15 is 0 Å². The van der Waals surface area contributed by atoms with E-state index < -0.39 is 32.0 Å². The fraction of sp³-hybridized carbons (Fsp3) is 0.231. The molecule has 0 radical (unpaired) electrons. The van der Waals surface area contributed by atoms with E-state index in [9.17, 15) is 0 Å². The van der Waals surface area contributed by atoms with E-state index in [1.54, 1.807) is 66.7 Å². The molecule has 3 aromatic carbocycles. The van der Waals surface area contributed by atoms with E-state index in [0.717, 1.165) is 10.5 Å². The van der Waals surface area contributed by atoms with Crippen molar-refractivity contribution in [2.24, 2.45) is 0 Å². The molecule has 0 bridgehead atoms. The fourth-order valence-corrected chi connectivity index (χ4v) is 3.12. The third-order valence-electron chi connectivity index (χ3n) is 4.50. The second kappa shape index (κ2) is 12.6. The Bertz CT molecular complexity index is 1130. The first kappa shape index (κ1) is 14.8. The van der Waals surface area contributed by atoms with Gasteiger partial charge in [-0.15, -0.1) is 24.8 Å². The van der Waals surface area contributed by atoms with E-state index in [0.29, 0.717) is 16.0 Å². The Hall–Kier alpha value is -2.10. The molecule has 0 spiro atoms. The van der Waals surface area contributed by atoms with Crippen molar-refractivity contribution in [3.05, 3.63) is 114 Å². The van der Waals surface area contributed by atoms with E-state index in [1.165, 1.54) is 6.08 Å². The van der Waals surface area contributed by atoms with Crippen LogP contribution in [0.2, 0.25) is 0 Å². The van der Waals surface area contributed by atoms with Gasteiger partial charge in [0.1, 0.15) is 0 Å². The minimum atomic E-state index is -2.92. The molecule has 0 atom stereocenters. The summed E-state index contributed by atoms with van der Waals surface area (Å²) < 4.78 is 70.8. The largest absolute Gasteiger partial charge is 0.297 e. The number of hydrogen-bond donors (Lipinski definition) is 0. The summed E-state index contributed by atoms with van der Waals surface area (Å²) in [6, 6.07) is 25.5. The summed E-state index contributed by atoms with van der Waals surface area (Å²) in [5.41, 5.74) is 1.87. The zero-order chi connectivity index (χ0) is 26.2. The molecule has 0 aliphatic carbocycles. The third-order valence-corrected chi connectivity index (χ3v) is 4.50. The zero-order valence-corrected chi connectivity index (χ0v) is 17.9. The maximum absolute atomic E-state index is 8.92. The summed E-state index contributed by atoms with van der Waals surface area (Å²) in [6.07, 6.45) is 3.21. The summed E-state index contributed by atoms with van der Waals surface area (Å²) in [5.74, 6) is 0. The predicted octanol–water partition coefficient (Wildman–Crippen LogP) is 5.95. The van der Waals surface area contributed by atoms with E-state index in [1.807, 2.05) is 30.3 Å². The molecule has 0 aromatic heterocycles. The van der Waals surface area contributed by atoms with Crippen molar-refractivity contribution >= 4 is 30.9 Å². The smallest absolute Gasteiger partial charge is 0.0602 e. The van der Waals surface area contributed by atoms with Crippen LogP contribution in [0.4, 0.5) is 0 Å². The van der Waals surface area contributed by atoms with Gasteiger partial charge in [0.2, 0.25) is 0 Å². The highest BCUT2D eigenvalue weighted by Crippen LogP contribution is 2.29. The van der Waals surface area contributed by atoms with Gasteiger partial charge in [0, 0.05) is 43.5 Å².